The molecule has 0 saturated heterocycles. The summed E-state index contributed by atoms with van der Waals surface area (Å²) in [5.74, 6) is 0.730. The van der Waals surface area contributed by atoms with Gasteiger partial charge in [0.15, 0.2) is 0 Å². The molecule has 1 atom stereocenters. The van der Waals surface area contributed by atoms with Crippen molar-refractivity contribution in [1.82, 2.24) is 5.32 Å². The Hall–Kier alpha value is -1.07. The summed E-state index contributed by atoms with van der Waals surface area (Å²) < 4.78 is 6.90. The quantitative estimate of drug-likeness (QED) is 0.784. The van der Waals surface area contributed by atoms with Crippen LogP contribution in [0.1, 0.15) is 18.4 Å². The Kier molecular flexibility index (Phi) is 4.60. The first-order valence-electron chi connectivity index (χ1n) is 6.09. The van der Waals surface area contributed by atoms with Gasteiger partial charge in [0.05, 0.1) is 0 Å². The molecule has 0 spiro atoms. The summed E-state index contributed by atoms with van der Waals surface area (Å²) in [6.45, 7) is 1.59. The number of amides is 1. The van der Waals surface area contributed by atoms with E-state index in [1.54, 1.807) is 0 Å². The van der Waals surface area contributed by atoms with Crippen LogP contribution in [0.15, 0.2) is 22.7 Å². The third-order valence-electron chi connectivity index (χ3n) is 2.91. The Balaban J connectivity index is 1.70. The minimum atomic E-state index is -0.244. The largest absolute Gasteiger partial charge is 0.488 e. The summed E-state index contributed by atoms with van der Waals surface area (Å²) in [6, 6.07) is 6.08. The van der Waals surface area contributed by atoms with Gasteiger partial charge in [-0.2, -0.15) is 0 Å². The molecule has 18 heavy (non-hydrogen) atoms. The molecule has 2 rings (SSSR count). The van der Waals surface area contributed by atoms with Gasteiger partial charge in [-0.1, -0.05) is 15.9 Å². The van der Waals surface area contributed by atoms with E-state index in [-0.39, 0.29) is 12.0 Å². The van der Waals surface area contributed by atoms with Crippen LogP contribution < -0.4 is 15.8 Å². The fourth-order valence-electron chi connectivity index (χ4n) is 2.05. The summed E-state index contributed by atoms with van der Waals surface area (Å²) in [6.07, 6.45) is 2.33. The lowest BCUT2D eigenvalue weighted by Crippen LogP contribution is -2.31. The van der Waals surface area contributed by atoms with Crippen molar-refractivity contribution in [2.75, 3.05) is 13.1 Å². The number of primary amides is 1. The monoisotopic (exact) mass is 312 g/mol. The number of halogens is 1. The highest BCUT2D eigenvalue weighted by Gasteiger charge is 2.22. The van der Waals surface area contributed by atoms with Crippen LogP contribution in [0.4, 0.5) is 0 Å². The van der Waals surface area contributed by atoms with Gasteiger partial charge in [0, 0.05) is 23.9 Å². The minimum absolute atomic E-state index is 0.183. The van der Waals surface area contributed by atoms with E-state index < -0.39 is 0 Å². The van der Waals surface area contributed by atoms with Crippen molar-refractivity contribution in [3.63, 3.8) is 0 Å². The summed E-state index contributed by atoms with van der Waals surface area (Å²) in [5, 5.41) is 3.29. The molecule has 1 amide bonds. The van der Waals surface area contributed by atoms with Gasteiger partial charge in [-0.3, -0.25) is 4.79 Å². The number of ether oxygens (including phenoxy) is 1. The maximum Gasteiger partial charge on any atom is 0.217 e. The molecular formula is C13H17BrN2O2. The van der Waals surface area contributed by atoms with Crippen molar-refractivity contribution in [3.05, 3.63) is 28.2 Å². The van der Waals surface area contributed by atoms with Crippen molar-refractivity contribution in [3.8, 4) is 5.75 Å². The lowest BCUT2D eigenvalue weighted by Gasteiger charge is -2.11. The fraction of sp³-hybridized carbons (Fsp3) is 0.462. The number of nitrogens with two attached hydrogens (primary N) is 1. The number of fused-ring (bicyclic) bond motifs is 1. The zero-order valence-electron chi connectivity index (χ0n) is 10.1. The van der Waals surface area contributed by atoms with Gasteiger partial charge in [-0.15, -0.1) is 0 Å². The molecule has 4 nitrogen and oxygen atoms in total. The molecule has 1 aliphatic rings. The Morgan fingerprint density at radius 1 is 1.56 bits per heavy atom. The van der Waals surface area contributed by atoms with Crippen LogP contribution in [0, 0.1) is 0 Å². The van der Waals surface area contributed by atoms with Gasteiger partial charge in [0.1, 0.15) is 11.9 Å². The first-order valence-corrected chi connectivity index (χ1v) is 6.88. The number of rotatable bonds is 6. The Bertz CT molecular complexity index is 437. The van der Waals surface area contributed by atoms with Crippen LogP contribution >= 0.6 is 15.9 Å². The molecule has 1 unspecified atom stereocenters. The number of hydrogen-bond donors (Lipinski definition) is 2. The molecule has 5 heteroatoms. The van der Waals surface area contributed by atoms with E-state index >= 15 is 0 Å². The van der Waals surface area contributed by atoms with Crippen molar-refractivity contribution in [1.29, 1.82) is 0 Å². The minimum Gasteiger partial charge on any atom is -0.488 e. The SMILES string of the molecule is NC(=O)CCCNCC1Cc2cc(Br)ccc2O1. The molecule has 0 radical (unpaired) electrons. The molecule has 98 valence electrons. The maximum atomic E-state index is 10.6. The zero-order chi connectivity index (χ0) is 13.0. The Morgan fingerprint density at radius 3 is 3.17 bits per heavy atom. The highest BCUT2D eigenvalue weighted by atomic mass is 79.9. The van der Waals surface area contributed by atoms with Crippen molar-refractivity contribution in [2.24, 2.45) is 5.73 Å². The molecule has 0 fully saturated rings. The normalized spacial score (nSPS) is 17.3. The van der Waals surface area contributed by atoms with Gasteiger partial charge in [-0.25, -0.2) is 0 Å². The zero-order valence-corrected chi connectivity index (χ0v) is 11.7. The molecule has 1 aliphatic heterocycles. The topological polar surface area (TPSA) is 64.4 Å². The number of benzene rings is 1. The van der Waals surface area contributed by atoms with Crippen LogP contribution in [0.25, 0.3) is 0 Å². The molecule has 0 bridgehead atoms. The van der Waals surface area contributed by atoms with E-state index in [2.05, 4.69) is 27.3 Å². The lowest BCUT2D eigenvalue weighted by atomic mass is 10.1. The second-order valence-corrected chi connectivity index (χ2v) is 5.39. The molecule has 3 N–H and O–H groups in total. The average Bonchev–Trinajstić information content (AvgIpc) is 2.70. The van der Waals surface area contributed by atoms with E-state index in [9.17, 15) is 4.79 Å². The first-order chi connectivity index (χ1) is 8.65. The molecule has 0 saturated carbocycles. The van der Waals surface area contributed by atoms with Crippen LogP contribution in [-0.2, 0) is 11.2 Å². The average molecular weight is 313 g/mol. The van der Waals surface area contributed by atoms with Gasteiger partial charge in [0.25, 0.3) is 0 Å². The number of nitrogens with one attached hydrogen (secondary N) is 1. The number of carbonyl (C=O) groups is 1. The van der Waals surface area contributed by atoms with E-state index in [0.29, 0.717) is 6.42 Å². The third kappa shape index (κ3) is 3.71. The fourth-order valence-corrected chi connectivity index (χ4v) is 2.46. The number of carbonyl (C=O) groups excluding carboxylic acids is 1. The molecule has 1 heterocycles. The molecule has 0 aromatic heterocycles. The van der Waals surface area contributed by atoms with E-state index in [0.717, 1.165) is 36.2 Å². The van der Waals surface area contributed by atoms with Crippen molar-refractivity contribution < 1.29 is 9.53 Å². The molecular weight excluding hydrogens is 296 g/mol. The Labute approximate surface area is 115 Å². The standard InChI is InChI=1S/C13H17BrN2O2/c14-10-3-4-12-9(6-10)7-11(18-12)8-16-5-1-2-13(15)17/h3-4,6,11,16H,1-2,5,7-8H2,(H2,15,17). The van der Waals surface area contributed by atoms with Gasteiger partial charge in [-0.05, 0) is 36.7 Å². The number of hydrogen-bond acceptors (Lipinski definition) is 3. The van der Waals surface area contributed by atoms with Crippen LogP contribution in [-0.4, -0.2) is 25.1 Å². The molecule has 1 aromatic rings. The predicted octanol–water partition coefficient (Wildman–Crippen LogP) is 1.61. The van der Waals surface area contributed by atoms with Crippen molar-refractivity contribution >= 4 is 21.8 Å². The lowest BCUT2D eigenvalue weighted by molar-refractivity contribution is -0.118. The smallest absolute Gasteiger partial charge is 0.217 e. The van der Waals surface area contributed by atoms with Crippen LogP contribution in [0.3, 0.4) is 0 Å². The van der Waals surface area contributed by atoms with E-state index in [4.69, 9.17) is 10.5 Å². The first kappa shape index (κ1) is 13.4. The second kappa shape index (κ2) is 6.20. The summed E-state index contributed by atoms with van der Waals surface area (Å²) in [7, 11) is 0. The maximum absolute atomic E-state index is 10.6. The second-order valence-electron chi connectivity index (χ2n) is 4.47. The van der Waals surface area contributed by atoms with Gasteiger partial charge < -0.3 is 15.8 Å². The molecule has 1 aromatic carbocycles. The van der Waals surface area contributed by atoms with E-state index in [1.807, 2.05) is 12.1 Å². The van der Waals surface area contributed by atoms with E-state index in [1.165, 1.54) is 5.56 Å². The summed E-state index contributed by atoms with van der Waals surface area (Å²) in [5.41, 5.74) is 6.32. The van der Waals surface area contributed by atoms with Crippen molar-refractivity contribution in [2.45, 2.75) is 25.4 Å². The van der Waals surface area contributed by atoms with Crippen LogP contribution in [0.2, 0.25) is 0 Å². The Morgan fingerprint density at radius 2 is 2.39 bits per heavy atom. The molecule has 0 aliphatic carbocycles. The summed E-state index contributed by atoms with van der Waals surface area (Å²) >= 11 is 3.46. The highest BCUT2D eigenvalue weighted by molar-refractivity contribution is 9.10. The third-order valence-corrected chi connectivity index (χ3v) is 3.41. The van der Waals surface area contributed by atoms with Gasteiger partial charge in [0.2, 0.25) is 5.91 Å². The predicted molar refractivity (Wildman–Crippen MR) is 73.6 cm³/mol. The highest BCUT2D eigenvalue weighted by Crippen LogP contribution is 2.30. The summed E-state index contributed by atoms with van der Waals surface area (Å²) in [4.78, 5) is 10.6. The van der Waals surface area contributed by atoms with Crippen LogP contribution in [0.5, 0.6) is 5.75 Å². The van der Waals surface area contributed by atoms with Gasteiger partial charge >= 0.3 is 0 Å².